The smallest absolute Gasteiger partial charge is 0.251 e. The first-order valence-corrected chi connectivity index (χ1v) is 19.9. The summed E-state index contributed by atoms with van der Waals surface area (Å²) in [5.41, 5.74) is 4.10. The Morgan fingerprint density at radius 1 is 1.09 bits per heavy atom. The van der Waals surface area contributed by atoms with Crippen molar-refractivity contribution in [1.29, 1.82) is 0 Å². The first-order valence-electron chi connectivity index (χ1n) is 19.9. The Morgan fingerprint density at radius 3 is 2.39 bits per heavy atom. The molecule has 9 atom stereocenters. The third-order valence-electron chi connectivity index (χ3n) is 12.7. The maximum Gasteiger partial charge on any atom is 0.251 e. The highest BCUT2D eigenvalue weighted by atomic mass is 16.7. The van der Waals surface area contributed by atoms with E-state index >= 15 is 0 Å². The van der Waals surface area contributed by atoms with Crippen LogP contribution in [0.3, 0.4) is 0 Å². The highest BCUT2D eigenvalue weighted by molar-refractivity contribution is 5.97. The third-order valence-corrected chi connectivity index (χ3v) is 12.7. The van der Waals surface area contributed by atoms with Crippen LogP contribution in [-0.2, 0) is 16.2 Å². The predicted octanol–water partition coefficient (Wildman–Crippen LogP) is 5.19. The van der Waals surface area contributed by atoms with Crippen molar-refractivity contribution in [3.8, 4) is 16.9 Å². The summed E-state index contributed by atoms with van der Waals surface area (Å²) < 4.78 is 6.10. The predicted molar refractivity (Wildman–Crippen MR) is 214 cm³/mol. The van der Waals surface area contributed by atoms with Crippen LogP contribution < -0.4 is 20.3 Å². The van der Waals surface area contributed by atoms with E-state index in [2.05, 4.69) is 50.2 Å². The van der Waals surface area contributed by atoms with Crippen molar-refractivity contribution < 1.29 is 29.4 Å². The minimum absolute atomic E-state index is 0.0424. The molecule has 300 valence electrons. The summed E-state index contributed by atoms with van der Waals surface area (Å²) in [6.07, 6.45) is 2.24. The zero-order valence-corrected chi connectivity index (χ0v) is 34.6. The number of carbonyl (C=O) groups excluding carboxylic acids is 2. The van der Waals surface area contributed by atoms with Crippen LogP contribution in [0.25, 0.3) is 11.1 Å². The summed E-state index contributed by atoms with van der Waals surface area (Å²) in [4.78, 5) is 38.6. The molecule has 6 rings (SSSR count). The number of aliphatic hydroxyl groups is 2. The molecule has 2 amide bonds. The number of amides is 2. The first kappa shape index (κ1) is 41.9. The van der Waals surface area contributed by atoms with Gasteiger partial charge < -0.3 is 35.4 Å². The summed E-state index contributed by atoms with van der Waals surface area (Å²) in [5.74, 6) is 1.56. The summed E-state index contributed by atoms with van der Waals surface area (Å²) in [6.45, 7) is 13.6. The van der Waals surface area contributed by atoms with Gasteiger partial charge in [-0.1, -0.05) is 52.8 Å². The summed E-state index contributed by atoms with van der Waals surface area (Å²) >= 11 is 0. The minimum atomic E-state index is -0.895. The zero-order chi connectivity index (χ0) is 39.6. The number of anilines is 1. The molecule has 1 saturated heterocycles. The second-order valence-corrected chi connectivity index (χ2v) is 17.8. The van der Waals surface area contributed by atoms with Crippen LogP contribution in [0, 0.1) is 35.0 Å². The van der Waals surface area contributed by atoms with Crippen LogP contribution in [0.4, 0.5) is 5.69 Å². The number of aliphatic hydroxyl groups excluding tert-OH is 2. The fourth-order valence-corrected chi connectivity index (χ4v) is 9.49. The van der Waals surface area contributed by atoms with Crippen molar-refractivity contribution in [3.63, 3.8) is 0 Å². The van der Waals surface area contributed by atoms with Gasteiger partial charge in [0.05, 0.1) is 26.4 Å². The maximum atomic E-state index is 14.3. The number of rotatable bonds is 16. The quantitative estimate of drug-likeness (QED) is 0.184. The molecule has 11 heteroatoms. The van der Waals surface area contributed by atoms with Gasteiger partial charge in [-0.05, 0) is 106 Å². The van der Waals surface area contributed by atoms with E-state index < -0.39 is 24.2 Å². The molecule has 1 aliphatic heterocycles. The van der Waals surface area contributed by atoms with Crippen LogP contribution in [0.5, 0.6) is 5.75 Å². The maximum absolute atomic E-state index is 14.3. The van der Waals surface area contributed by atoms with E-state index in [1.807, 2.05) is 69.5 Å². The number of nitrogens with zero attached hydrogens (tertiary/aromatic N) is 3. The molecule has 2 aromatic carbocycles. The van der Waals surface area contributed by atoms with Gasteiger partial charge in [-0.15, -0.1) is 0 Å². The van der Waals surface area contributed by atoms with Gasteiger partial charge in [-0.3, -0.25) is 14.4 Å². The molecule has 0 radical (unpaired) electrons. The second kappa shape index (κ2) is 17.3. The van der Waals surface area contributed by atoms with Crippen molar-refractivity contribution >= 4 is 17.5 Å². The second-order valence-electron chi connectivity index (χ2n) is 17.8. The highest BCUT2D eigenvalue weighted by Gasteiger charge is 2.57. The first-order chi connectivity index (χ1) is 25.5. The number of fused-ring (bicyclic) bond motifs is 2. The monoisotopic (exact) mass is 750 g/mol. The van der Waals surface area contributed by atoms with Gasteiger partial charge in [0.25, 0.3) is 5.91 Å². The zero-order valence-electron chi connectivity index (χ0n) is 34.6. The molecule has 0 spiro atoms. The van der Waals surface area contributed by atoms with E-state index in [-0.39, 0.29) is 42.5 Å². The van der Waals surface area contributed by atoms with Crippen LogP contribution in [0.15, 0.2) is 36.4 Å². The molecule has 2 bridgehead atoms. The molecular formula is C43H67N5O6. The van der Waals surface area contributed by atoms with Crippen LogP contribution >= 0.6 is 0 Å². The van der Waals surface area contributed by atoms with Gasteiger partial charge in [-0.25, -0.2) is 0 Å². The standard InChI is InChI=1S/C43H67N5O6/c1-25(2)17-32(15-16-46(7)8)44-41(51)30-18-29(19-33(20-30)47(9)10)34-14-12-13-28(40(34)53-11)23-48-39(38(27(4)50)37(24-49)54-48)42(52)45-36-22-31-21-35(26(36)3)43(31,5)6/h12-14,18-20,25-27,31-32,35-39,49-50H,15-17,21-24H2,1-11H3,(H,44,51)(H,45,52)/t26-,27-,31+,32+,35-,36-,37-,38+,39-/m0/s1. The number of carbonyl (C=O) groups is 2. The lowest BCUT2D eigenvalue weighted by Gasteiger charge is -2.62. The van der Waals surface area contributed by atoms with E-state index in [9.17, 15) is 19.8 Å². The number of para-hydroxylation sites is 1. The highest BCUT2D eigenvalue weighted by Crippen LogP contribution is 2.61. The Labute approximate surface area is 323 Å². The number of methoxy groups -OCH3 is 1. The van der Waals surface area contributed by atoms with Gasteiger partial charge in [-0.2, -0.15) is 5.06 Å². The van der Waals surface area contributed by atoms with E-state index in [1.54, 1.807) is 19.1 Å². The van der Waals surface area contributed by atoms with E-state index in [0.29, 0.717) is 35.0 Å². The van der Waals surface area contributed by atoms with E-state index in [1.165, 1.54) is 6.42 Å². The molecule has 3 saturated carbocycles. The van der Waals surface area contributed by atoms with Crippen molar-refractivity contribution in [3.05, 3.63) is 47.5 Å². The Kier molecular flexibility index (Phi) is 13.4. The summed E-state index contributed by atoms with van der Waals surface area (Å²) in [6, 6.07) is 11.0. The molecular weight excluding hydrogens is 683 g/mol. The molecule has 2 aromatic rings. The number of nitrogens with one attached hydrogen (secondary N) is 2. The molecule has 1 heterocycles. The van der Waals surface area contributed by atoms with Gasteiger partial charge in [0, 0.05) is 54.5 Å². The van der Waals surface area contributed by atoms with Crippen LogP contribution in [0.1, 0.15) is 83.1 Å². The average molecular weight is 750 g/mol. The van der Waals surface area contributed by atoms with E-state index in [4.69, 9.17) is 9.57 Å². The lowest BCUT2D eigenvalue weighted by atomic mass is 9.45. The van der Waals surface area contributed by atoms with Crippen molar-refractivity contribution in [2.24, 2.45) is 35.0 Å². The van der Waals surface area contributed by atoms with Gasteiger partial charge in [0.15, 0.2) is 0 Å². The molecule has 3 aliphatic carbocycles. The number of benzene rings is 2. The van der Waals surface area contributed by atoms with Crippen molar-refractivity contribution in [1.82, 2.24) is 20.6 Å². The molecule has 0 aromatic heterocycles. The van der Waals surface area contributed by atoms with Crippen molar-refractivity contribution in [2.75, 3.05) is 53.4 Å². The Bertz CT molecular complexity index is 1610. The van der Waals surface area contributed by atoms with Gasteiger partial charge in [0.1, 0.15) is 17.9 Å². The number of hydroxylamine groups is 2. The fraction of sp³-hybridized carbons (Fsp3) is 0.674. The average Bonchev–Trinajstić information content (AvgIpc) is 3.49. The Morgan fingerprint density at radius 2 is 1.81 bits per heavy atom. The molecule has 54 heavy (non-hydrogen) atoms. The fourth-order valence-electron chi connectivity index (χ4n) is 9.49. The van der Waals surface area contributed by atoms with Crippen LogP contribution in [0.2, 0.25) is 0 Å². The number of hydrogen-bond donors (Lipinski definition) is 4. The largest absolute Gasteiger partial charge is 0.496 e. The summed E-state index contributed by atoms with van der Waals surface area (Å²) in [7, 11) is 9.62. The molecule has 4 aliphatic rings. The SMILES string of the molecule is COc1c(CN2O[C@@H](CO)[C@@H]([C@H](C)O)[C@H]2C(=O)N[C@H]2C[C@H]3C[C@@H]([C@@H]2C)C3(C)C)cccc1-c1cc(C(=O)N[C@H](CCN(C)C)CC(C)C)cc(N(C)C)c1. The third kappa shape index (κ3) is 8.91. The van der Waals surface area contributed by atoms with Crippen LogP contribution in [-0.4, -0.2) is 111 Å². The topological polar surface area (TPSA) is 127 Å². The minimum Gasteiger partial charge on any atom is -0.496 e. The number of ether oxygens (including phenoxy) is 1. The Balaban J connectivity index is 1.44. The molecule has 4 N–H and O–H groups in total. The molecule has 4 fully saturated rings. The molecule has 0 unspecified atom stereocenters. The summed E-state index contributed by atoms with van der Waals surface area (Å²) in [5, 5.41) is 29.6. The normalized spacial score (nSPS) is 27.4. The lowest BCUT2D eigenvalue weighted by molar-refractivity contribution is -0.183. The molecule has 11 nitrogen and oxygen atoms in total. The lowest BCUT2D eigenvalue weighted by Crippen LogP contribution is -2.62. The Hall–Kier alpha value is -3.22. The van der Waals surface area contributed by atoms with Gasteiger partial charge in [0.2, 0.25) is 5.91 Å². The van der Waals surface area contributed by atoms with Crippen molar-refractivity contribution in [2.45, 2.75) is 104 Å². The van der Waals surface area contributed by atoms with Gasteiger partial charge >= 0.3 is 0 Å². The number of hydrogen-bond acceptors (Lipinski definition) is 9. The van der Waals surface area contributed by atoms with E-state index in [0.717, 1.165) is 48.2 Å².